The highest BCUT2D eigenvalue weighted by Crippen LogP contribution is 2.22. The van der Waals surface area contributed by atoms with Gasteiger partial charge in [-0.25, -0.2) is 9.18 Å². The minimum absolute atomic E-state index is 0.134. The maximum atomic E-state index is 13.3. The zero-order chi connectivity index (χ0) is 12.5. The Morgan fingerprint density at radius 1 is 1.38 bits per heavy atom. The molecule has 16 heavy (non-hydrogen) atoms. The van der Waals surface area contributed by atoms with Gasteiger partial charge in [-0.1, -0.05) is 0 Å². The molecule has 0 spiro atoms. The molecule has 2 atom stereocenters. The van der Waals surface area contributed by atoms with Gasteiger partial charge < -0.3 is 14.7 Å². The van der Waals surface area contributed by atoms with Crippen LogP contribution in [0.4, 0.5) is 9.18 Å². The summed E-state index contributed by atoms with van der Waals surface area (Å²) in [7, 11) is 0. The molecule has 0 bridgehead atoms. The predicted molar refractivity (Wildman–Crippen MR) is 53.8 cm³/mol. The van der Waals surface area contributed by atoms with Crippen molar-refractivity contribution in [3.05, 3.63) is 0 Å². The van der Waals surface area contributed by atoms with E-state index in [2.05, 4.69) is 0 Å². The maximum Gasteiger partial charge on any atom is 0.410 e. The molecule has 1 aliphatic rings. The van der Waals surface area contributed by atoms with E-state index >= 15 is 0 Å². The molecule has 1 amide bonds. The molecule has 92 valence electrons. The Morgan fingerprint density at radius 2 is 1.94 bits per heavy atom. The zero-order valence-electron chi connectivity index (χ0n) is 9.57. The van der Waals surface area contributed by atoms with Gasteiger partial charge >= 0.3 is 12.1 Å². The van der Waals surface area contributed by atoms with Crippen molar-refractivity contribution >= 4 is 12.1 Å². The Bertz CT molecular complexity index is 300. The smallest absolute Gasteiger partial charge is 0.410 e. The fourth-order valence-electron chi connectivity index (χ4n) is 1.47. The molecule has 6 heteroatoms. The molecular weight excluding hydrogens is 217 g/mol. The number of carbonyl (C=O) groups is 2. The van der Waals surface area contributed by atoms with Crippen molar-refractivity contribution in [3.8, 4) is 0 Å². The summed E-state index contributed by atoms with van der Waals surface area (Å²) >= 11 is 0. The van der Waals surface area contributed by atoms with Crippen LogP contribution in [0.3, 0.4) is 0 Å². The van der Waals surface area contributed by atoms with E-state index in [4.69, 9.17) is 9.84 Å². The molecule has 1 saturated heterocycles. The van der Waals surface area contributed by atoms with Gasteiger partial charge in [0.15, 0.2) is 0 Å². The number of nitrogens with zero attached hydrogens (tertiary/aromatic N) is 1. The van der Waals surface area contributed by atoms with Gasteiger partial charge in [0.2, 0.25) is 0 Å². The third-order valence-corrected chi connectivity index (χ3v) is 2.22. The number of carboxylic acids is 1. The first-order valence-corrected chi connectivity index (χ1v) is 5.05. The third-order valence-electron chi connectivity index (χ3n) is 2.22. The average Bonchev–Trinajstić information content (AvgIpc) is 2.44. The van der Waals surface area contributed by atoms with Gasteiger partial charge in [-0.15, -0.1) is 0 Å². The molecule has 5 nitrogen and oxygen atoms in total. The lowest BCUT2D eigenvalue weighted by Gasteiger charge is -2.24. The molecule has 0 aromatic rings. The van der Waals surface area contributed by atoms with Crippen LogP contribution in [0, 0.1) is 5.92 Å². The summed E-state index contributed by atoms with van der Waals surface area (Å²) in [5.74, 6) is -2.37. The molecule has 1 aliphatic heterocycles. The number of likely N-dealkylation sites (tertiary alicyclic amines) is 1. The largest absolute Gasteiger partial charge is 0.481 e. The normalized spacial score (nSPS) is 25.6. The van der Waals surface area contributed by atoms with E-state index in [1.165, 1.54) is 0 Å². The number of alkyl halides is 1. The number of halogens is 1. The van der Waals surface area contributed by atoms with Crippen LogP contribution < -0.4 is 0 Å². The highest BCUT2D eigenvalue weighted by atomic mass is 19.1. The molecule has 0 aromatic heterocycles. The number of aliphatic carboxylic acids is 1. The molecule has 1 N–H and O–H groups in total. The van der Waals surface area contributed by atoms with Crippen LogP contribution >= 0.6 is 0 Å². The number of rotatable bonds is 1. The minimum Gasteiger partial charge on any atom is -0.481 e. The molecule has 2 unspecified atom stereocenters. The molecule has 1 fully saturated rings. The van der Waals surface area contributed by atoms with Gasteiger partial charge in [0.25, 0.3) is 0 Å². The van der Waals surface area contributed by atoms with Gasteiger partial charge in [-0.2, -0.15) is 0 Å². The summed E-state index contributed by atoms with van der Waals surface area (Å²) in [5.41, 5.74) is -0.662. The zero-order valence-corrected chi connectivity index (χ0v) is 9.57. The molecule has 0 radical (unpaired) electrons. The Hall–Kier alpha value is -1.33. The van der Waals surface area contributed by atoms with E-state index in [0.717, 1.165) is 4.90 Å². The fourth-order valence-corrected chi connectivity index (χ4v) is 1.47. The van der Waals surface area contributed by atoms with E-state index in [0.29, 0.717) is 0 Å². The topological polar surface area (TPSA) is 66.8 Å². The van der Waals surface area contributed by atoms with Crippen molar-refractivity contribution in [2.24, 2.45) is 5.92 Å². The lowest BCUT2D eigenvalue weighted by Crippen LogP contribution is -2.36. The van der Waals surface area contributed by atoms with Crippen molar-refractivity contribution in [1.29, 1.82) is 0 Å². The van der Waals surface area contributed by atoms with E-state index < -0.39 is 29.8 Å². The van der Waals surface area contributed by atoms with E-state index in [1.807, 2.05) is 0 Å². The number of carboxylic acid groups (broad SMARTS) is 1. The van der Waals surface area contributed by atoms with Crippen molar-refractivity contribution in [2.75, 3.05) is 13.1 Å². The molecular formula is C10H16FNO4. The minimum atomic E-state index is -1.52. The van der Waals surface area contributed by atoms with Gasteiger partial charge in [-0.05, 0) is 20.8 Å². The van der Waals surface area contributed by atoms with Gasteiger partial charge in [0.1, 0.15) is 17.7 Å². The van der Waals surface area contributed by atoms with Crippen molar-refractivity contribution < 1.29 is 23.8 Å². The lowest BCUT2D eigenvalue weighted by atomic mass is 10.1. The number of hydrogen-bond acceptors (Lipinski definition) is 3. The van der Waals surface area contributed by atoms with Gasteiger partial charge in [-0.3, -0.25) is 4.79 Å². The summed E-state index contributed by atoms with van der Waals surface area (Å²) in [6, 6.07) is 0. The first-order chi connectivity index (χ1) is 7.20. The van der Waals surface area contributed by atoms with Gasteiger partial charge in [0, 0.05) is 6.54 Å². The van der Waals surface area contributed by atoms with Crippen molar-refractivity contribution in [3.63, 3.8) is 0 Å². The van der Waals surface area contributed by atoms with Crippen molar-refractivity contribution in [1.82, 2.24) is 4.90 Å². The predicted octanol–water partition coefficient (Wildman–Crippen LogP) is 1.28. The van der Waals surface area contributed by atoms with E-state index in [1.54, 1.807) is 20.8 Å². The van der Waals surface area contributed by atoms with E-state index in [-0.39, 0.29) is 13.1 Å². The summed E-state index contributed by atoms with van der Waals surface area (Å²) in [6.45, 7) is 4.74. The summed E-state index contributed by atoms with van der Waals surface area (Å²) in [5, 5.41) is 8.70. The first kappa shape index (κ1) is 12.7. The quantitative estimate of drug-likeness (QED) is 0.740. The van der Waals surface area contributed by atoms with Crippen LogP contribution in [0.5, 0.6) is 0 Å². The molecule has 0 aliphatic carbocycles. The molecule has 1 heterocycles. The molecule has 0 saturated carbocycles. The number of carbonyl (C=O) groups excluding carboxylic acids is 1. The highest BCUT2D eigenvalue weighted by Gasteiger charge is 2.41. The molecule has 1 rings (SSSR count). The van der Waals surface area contributed by atoms with Crippen LogP contribution in [0.15, 0.2) is 0 Å². The summed E-state index contributed by atoms with van der Waals surface area (Å²) in [4.78, 5) is 23.3. The Kier molecular flexibility index (Phi) is 3.40. The second-order valence-electron chi connectivity index (χ2n) is 4.85. The Labute approximate surface area is 93.2 Å². The van der Waals surface area contributed by atoms with E-state index in [9.17, 15) is 14.0 Å². The second kappa shape index (κ2) is 4.27. The van der Waals surface area contributed by atoms with Gasteiger partial charge in [0.05, 0.1) is 6.54 Å². The number of hydrogen-bond donors (Lipinski definition) is 1. The van der Waals surface area contributed by atoms with Crippen LogP contribution in [0.2, 0.25) is 0 Å². The summed E-state index contributed by atoms with van der Waals surface area (Å²) < 4.78 is 18.3. The lowest BCUT2D eigenvalue weighted by molar-refractivity contribution is -0.142. The van der Waals surface area contributed by atoms with Crippen LogP contribution in [0.25, 0.3) is 0 Å². The Balaban J connectivity index is 2.58. The fraction of sp³-hybridized carbons (Fsp3) is 0.800. The van der Waals surface area contributed by atoms with Crippen LogP contribution in [-0.4, -0.2) is 46.9 Å². The van der Waals surface area contributed by atoms with Crippen molar-refractivity contribution in [2.45, 2.75) is 32.5 Å². The maximum absolute atomic E-state index is 13.3. The standard InChI is InChI=1S/C10H16FNO4/c1-10(2,3)16-9(15)12-4-6(8(13)14)7(11)5-12/h6-7H,4-5H2,1-3H3,(H,13,14). The number of ether oxygens (including phenoxy) is 1. The third kappa shape index (κ3) is 3.08. The first-order valence-electron chi connectivity index (χ1n) is 5.05. The SMILES string of the molecule is CC(C)(C)OC(=O)N1CC(F)C(C(=O)O)C1. The number of amides is 1. The monoisotopic (exact) mass is 233 g/mol. The molecule has 0 aromatic carbocycles. The summed E-state index contributed by atoms with van der Waals surface area (Å²) in [6.07, 6.45) is -2.19. The average molecular weight is 233 g/mol. The van der Waals surface area contributed by atoms with Crippen LogP contribution in [0.1, 0.15) is 20.8 Å². The highest BCUT2D eigenvalue weighted by molar-refractivity contribution is 5.75. The Morgan fingerprint density at radius 3 is 2.31 bits per heavy atom. The second-order valence-corrected chi connectivity index (χ2v) is 4.85. The van der Waals surface area contributed by atoms with Crippen LogP contribution in [-0.2, 0) is 9.53 Å².